The van der Waals surface area contributed by atoms with Crippen molar-refractivity contribution in [2.45, 2.75) is 25.7 Å². The molecule has 0 saturated carbocycles. The highest BCUT2D eigenvalue weighted by atomic mass is 35.5. The van der Waals surface area contributed by atoms with Gasteiger partial charge < -0.3 is 4.90 Å². The van der Waals surface area contributed by atoms with Crippen molar-refractivity contribution in [3.63, 3.8) is 0 Å². The molecule has 1 amide bonds. The van der Waals surface area contributed by atoms with E-state index in [-0.39, 0.29) is 11.8 Å². The van der Waals surface area contributed by atoms with E-state index in [1.165, 1.54) is 11.3 Å². The molecule has 0 N–H and O–H groups in total. The van der Waals surface area contributed by atoms with Crippen molar-refractivity contribution in [1.82, 2.24) is 19.9 Å². The van der Waals surface area contributed by atoms with Crippen molar-refractivity contribution >= 4 is 28.8 Å². The first kappa shape index (κ1) is 18.1. The number of nitrogens with zero attached hydrogens (tertiary/aromatic N) is 4. The minimum absolute atomic E-state index is 0.0629. The molecule has 1 aliphatic rings. The van der Waals surface area contributed by atoms with Crippen LogP contribution in [0.5, 0.6) is 0 Å². The monoisotopic (exact) mass is 398 g/mol. The van der Waals surface area contributed by atoms with Crippen LogP contribution in [0.4, 0.5) is 0 Å². The van der Waals surface area contributed by atoms with E-state index in [0.717, 1.165) is 46.9 Å². The van der Waals surface area contributed by atoms with Gasteiger partial charge in [-0.25, -0.2) is 4.98 Å². The van der Waals surface area contributed by atoms with Crippen molar-refractivity contribution in [1.29, 1.82) is 0 Å². The Bertz CT molecular complexity index is 974. The van der Waals surface area contributed by atoms with Crippen LogP contribution < -0.4 is 0 Å². The van der Waals surface area contributed by atoms with Crippen molar-refractivity contribution in [3.8, 4) is 11.3 Å². The lowest BCUT2D eigenvalue weighted by atomic mass is 9.91. The number of halogens is 1. The van der Waals surface area contributed by atoms with E-state index in [4.69, 9.17) is 11.6 Å². The number of hydrogen-bond acceptors (Lipinski definition) is 5. The second kappa shape index (κ2) is 7.74. The van der Waals surface area contributed by atoms with E-state index in [2.05, 4.69) is 15.0 Å². The number of carbonyl (C=O) groups excluding carboxylic acids is 1. The topological polar surface area (TPSA) is 59.0 Å². The molecule has 1 aromatic carbocycles. The van der Waals surface area contributed by atoms with E-state index < -0.39 is 0 Å². The van der Waals surface area contributed by atoms with Gasteiger partial charge in [-0.05, 0) is 31.9 Å². The van der Waals surface area contributed by atoms with E-state index in [0.29, 0.717) is 11.6 Å². The highest BCUT2D eigenvalue weighted by Gasteiger charge is 2.29. The maximum absolute atomic E-state index is 12.9. The van der Waals surface area contributed by atoms with Crippen LogP contribution in [0.1, 0.15) is 39.8 Å². The van der Waals surface area contributed by atoms with E-state index in [1.54, 1.807) is 17.9 Å². The minimum Gasteiger partial charge on any atom is -0.337 e. The number of carbonyl (C=O) groups is 1. The quantitative estimate of drug-likeness (QED) is 0.647. The van der Waals surface area contributed by atoms with Gasteiger partial charge in [-0.2, -0.15) is 0 Å². The van der Waals surface area contributed by atoms with Crippen LogP contribution in [0.2, 0.25) is 5.02 Å². The standard InChI is InChI=1S/C20H19ClN4OS/c1-13-19(27-12-24-13)20(26)25-9-3-5-15(11-25)18-17(22-7-8-23-18)14-4-2-6-16(21)10-14/h2,4,6-8,10,12,15H,3,5,9,11H2,1H3/t15-/m1/s1. The zero-order valence-electron chi connectivity index (χ0n) is 14.9. The fraction of sp³-hybridized carbons (Fsp3) is 0.300. The average molecular weight is 399 g/mol. The first-order valence-electron chi connectivity index (χ1n) is 8.89. The number of amides is 1. The number of rotatable bonds is 3. The third kappa shape index (κ3) is 3.73. The van der Waals surface area contributed by atoms with Gasteiger partial charge >= 0.3 is 0 Å². The molecule has 0 spiro atoms. The van der Waals surface area contributed by atoms with Gasteiger partial charge in [-0.3, -0.25) is 14.8 Å². The van der Waals surface area contributed by atoms with Crippen LogP contribution in [-0.2, 0) is 0 Å². The zero-order chi connectivity index (χ0) is 18.8. The summed E-state index contributed by atoms with van der Waals surface area (Å²) in [5.74, 6) is 0.214. The third-order valence-electron chi connectivity index (χ3n) is 4.86. The highest BCUT2D eigenvalue weighted by molar-refractivity contribution is 7.11. The molecule has 4 rings (SSSR count). The summed E-state index contributed by atoms with van der Waals surface area (Å²) in [5, 5.41) is 0.672. The van der Waals surface area contributed by atoms with Gasteiger partial charge in [-0.15, -0.1) is 11.3 Å². The lowest BCUT2D eigenvalue weighted by Crippen LogP contribution is -2.39. The van der Waals surface area contributed by atoms with Gasteiger partial charge in [0.05, 0.1) is 22.6 Å². The summed E-state index contributed by atoms with van der Waals surface area (Å²) in [7, 11) is 0. The SMILES string of the molecule is Cc1ncsc1C(=O)N1CCC[C@@H](c2nccnc2-c2cccc(Cl)c2)C1. The van der Waals surface area contributed by atoms with Gasteiger partial charge in [0.2, 0.25) is 0 Å². The average Bonchev–Trinajstić information content (AvgIpc) is 3.13. The van der Waals surface area contributed by atoms with Crippen molar-refractivity contribution in [2.24, 2.45) is 0 Å². The van der Waals surface area contributed by atoms with E-state index in [9.17, 15) is 4.79 Å². The number of benzene rings is 1. The van der Waals surface area contributed by atoms with Crippen LogP contribution in [0.3, 0.4) is 0 Å². The first-order valence-corrected chi connectivity index (χ1v) is 10.2. The molecular formula is C20H19ClN4OS. The molecule has 1 atom stereocenters. The Kier molecular flexibility index (Phi) is 5.18. The third-order valence-corrected chi connectivity index (χ3v) is 6.01. The number of thiazole rings is 1. The van der Waals surface area contributed by atoms with Crippen molar-refractivity contribution in [2.75, 3.05) is 13.1 Å². The molecule has 27 heavy (non-hydrogen) atoms. The molecule has 3 aromatic rings. The predicted molar refractivity (Wildman–Crippen MR) is 107 cm³/mol. The number of piperidine rings is 1. The molecule has 138 valence electrons. The first-order chi connectivity index (χ1) is 13.1. The molecule has 0 unspecified atom stereocenters. The summed E-state index contributed by atoms with van der Waals surface area (Å²) in [6, 6.07) is 7.66. The van der Waals surface area contributed by atoms with Crippen LogP contribution >= 0.6 is 22.9 Å². The Morgan fingerprint density at radius 2 is 2.11 bits per heavy atom. The minimum atomic E-state index is 0.0629. The second-order valence-electron chi connectivity index (χ2n) is 6.66. The Morgan fingerprint density at radius 1 is 1.26 bits per heavy atom. The molecule has 7 heteroatoms. The Balaban J connectivity index is 1.63. The Morgan fingerprint density at radius 3 is 2.89 bits per heavy atom. The lowest BCUT2D eigenvalue weighted by molar-refractivity contribution is 0.0710. The summed E-state index contributed by atoms with van der Waals surface area (Å²) in [6.07, 6.45) is 5.35. The number of aryl methyl sites for hydroxylation is 1. The number of aromatic nitrogens is 3. The van der Waals surface area contributed by atoms with Gasteiger partial charge in [0, 0.05) is 42.0 Å². The van der Waals surface area contributed by atoms with Crippen molar-refractivity contribution in [3.05, 3.63) is 63.5 Å². The fourth-order valence-corrected chi connectivity index (χ4v) is 4.50. The van der Waals surface area contributed by atoms with Crippen molar-refractivity contribution < 1.29 is 4.79 Å². The Labute approximate surface area is 167 Å². The number of hydrogen-bond donors (Lipinski definition) is 0. The summed E-state index contributed by atoms with van der Waals surface area (Å²) in [5.41, 5.74) is 5.24. The summed E-state index contributed by atoms with van der Waals surface area (Å²) >= 11 is 7.57. The molecule has 0 radical (unpaired) electrons. The lowest BCUT2D eigenvalue weighted by Gasteiger charge is -2.33. The van der Waals surface area contributed by atoms with Gasteiger partial charge in [0.1, 0.15) is 4.88 Å². The van der Waals surface area contributed by atoms with Gasteiger partial charge in [0.15, 0.2) is 0 Å². The smallest absolute Gasteiger partial charge is 0.265 e. The molecule has 1 saturated heterocycles. The summed E-state index contributed by atoms with van der Waals surface area (Å²) < 4.78 is 0. The Hall–Kier alpha value is -2.31. The van der Waals surface area contributed by atoms with E-state index in [1.807, 2.05) is 36.1 Å². The number of likely N-dealkylation sites (tertiary alicyclic amines) is 1. The molecular weight excluding hydrogens is 380 g/mol. The molecule has 3 heterocycles. The highest BCUT2D eigenvalue weighted by Crippen LogP contribution is 2.33. The zero-order valence-corrected chi connectivity index (χ0v) is 16.5. The summed E-state index contributed by atoms with van der Waals surface area (Å²) in [6.45, 7) is 3.28. The molecule has 5 nitrogen and oxygen atoms in total. The molecule has 0 bridgehead atoms. The predicted octanol–water partition coefficient (Wildman–Crippen LogP) is 4.58. The van der Waals surface area contributed by atoms with Crippen LogP contribution in [-0.4, -0.2) is 38.8 Å². The summed E-state index contributed by atoms with van der Waals surface area (Å²) in [4.78, 5) is 29.0. The largest absolute Gasteiger partial charge is 0.337 e. The molecule has 1 aliphatic heterocycles. The van der Waals surface area contributed by atoms with Gasteiger partial charge in [-0.1, -0.05) is 23.7 Å². The van der Waals surface area contributed by atoms with E-state index >= 15 is 0 Å². The molecule has 2 aromatic heterocycles. The maximum atomic E-state index is 12.9. The molecule has 1 fully saturated rings. The molecule has 0 aliphatic carbocycles. The fourth-order valence-electron chi connectivity index (χ4n) is 3.54. The van der Waals surface area contributed by atoms with Gasteiger partial charge in [0.25, 0.3) is 5.91 Å². The van der Waals surface area contributed by atoms with Crippen LogP contribution in [0, 0.1) is 6.92 Å². The second-order valence-corrected chi connectivity index (χ2v) is 7.95. The maximum Gasteiger partial charge on any atom is 0.265 e. The van der Waals surface area contributed by atoms with Crippen LogP contribution in [0.25, 0.3) is 11.3 Å². The normalized spacial score (nSPS) is 17.1. The van der Waals surface area contributed by atoms with Crippen LogP contribution in [0.15, 0.2) is 42.2 Å².